The molecular weight excluding hydrogens is 239 g/mol. The summed E-state index contributed by atoms with van der Waals surface area (Å²) in [4.78, 5) is 10.7. The average Bonchev–Trinajstić information content (AvgIpc) is 2.32. The number of halogens is 1. The van der Waals surface area contributed by atoms with E-state index in [0.29, 0.717) is 6.42 Å². The van der Waals surface area contributed by atoms with Crippen LogP contribution in [0.3, 0.4) is 0 Å². The lowest BCUT2D eigenvalue weighted by Gasteiger charge is -2.28. The molecule has 0 aromatic heterocycles. The largest absolute Gasteiger partial charge is 0.488 e. The highest BCUT2D eigenvalue weighted by atomic mass is 19.1. The first-order valence-corrected chi connectivity index (χ1v) is 5.95. The molecule has 0 radical (unpaired) electrons. The number of carboxylic acids is 1. The fourth-order valence-electron chi connectivity index (χ4n) is 2.13. The van der Waals surface area contributed by atoms with Crippen molar-refractivity contribution in [1.29, 1.82) is 0 Å². The van der Waals surface area contributed by atoms with Crippen molar-refractivity contribution in [3.05, 3.63) is 29.6 Å². The Hall–Kier alpha value is -1.62. The molecule has 0 heterocycles. The van der Waals surface area contributed by atoms with Crippen LogP contribution in [0.25, 0.3) is 0 Å². The van der Waals surface area contributed by atoms with Gasteiger partial charge in [0.15, 0.2) is 0 Å². The minimum atomic E-state index is -1.31. The zero-order valence-electron chi connectivity index (χ0n) is 9.80. The van der Waals surface area contributed by atoms with Crippen molar-refractivity contribution in [2.45, 2.75) is 37.9 Å². The van der Waals surface area contributed by atoms with Crippen molar-refractivity contribution in [3.63, 3.8) is 0 Å². The topological polar surface area (TPSA) is 66.8 Å². The van der Waals surface area contributed by atoms with Crippen LogP contribution < -0.4 is 4.74 Å². The predicted octanol–water partition coefficient (Wildman–Crippen LogP) is 2.21. The van der Waals surface area contributed by atoms with Crippen LogP contribution >= 0.6 is 0 Å². The molecule has 1 aromatic carbocycles. The van der Waals surface area contributed by atoms with Crippen molar-refractivity contribution < 1.29 is 24.1 Å². The van der Waals surface area contributed by atoms with E-state index in [9.17, 15) is 14.3 Å². The number of aliphatic hydroxyl groups excluding tert-OH is 1. The van der Waals surface area contributed by atoms with Gasteiger partial charge in [0.25, 0.3) is 0 Å². The smallest absolute Gasteiger partial charge is 0.338 e. The molecule has 0 saturated heterocycles. The van der Waals surface area contributed by atoms with E-state index < -0.39 is 17.9 Å². The number of hydrogen-bond acceptors (Lipinski definition) is 3. The number of rotatable bonds is 3. The minimum absolute atomic E-state index is 0.253. The summed E-state index contributed by atoms with van der Waals surface area (Å²) in [6.45, 7) is 0. The number of benzene rings is 1. The number of carboxylic acid groups (broad SMARTS) is 1. The summed E-state index contributed by atoms with van der Waals surface area (Å²) >= 11 is 0. The van der Waals surface area contributed by atoms with E-state index in [1.165, 1.54) is 12.1 Å². The lowest BCUT2D eigenvalue weighted by molar-refractivity contribution is 0.00670. The summed E-state index contributed by atoms with van der Waals surface area (Å²) in [5.74, 6) is -1.88. The molecule has 1 fully saturated rings. The molecule has 5 heteroatoms. The number of aliphatic hydroxyl groups is 1. The van der Waals surface area contributed by atoms with E-state index in [-0.39, 0.29) is 17.4 Å². The van der Waals surface area contributed by atoms with Crippen LogP contribution in [0.1, 0.15) is 36.0 Å². The first kappa shape index (κ1) is 12.8. The summed E-state index contributed by atoms with van der Waals surface area (Å²) < 4.78 is 18.9. The Balaban J connectivity index is 2.10. The Morgan fingerprint density at radius 1 is 1.33 bits per heavy atom. The summed E-state index contributed by atoms with van der Waals surface area (Å²) in [7, 11) is 0. The molecule has 1 aliphatic carbocycles. The molecule has 2 rings (SSSR count). The van der Waals surface area contributed by atoms with Crippen LogP contribution in [0.15, 0.2) is 18.2 Å². The number of carbonyl (C=O) groups is 1. The second kappa shape index (κ2) is 5.35. The van der Waals surface area contributed by atoms with Crippen LogP contribution in [-0.2, 0) is 0 Å². The molecule has 2 N–H and O–H groups in total. The molecule has 2 unspecified atom stereocenters. The maximum absolute atomic E-state index is 13.4. The molecule has 98 valence electrons. The van der Waals surface area contributed by atoms with E-state index in [0.717, 1.165) is 25.3 Å². The van der Waals surface area contributed by atoms with E-state index in [1.807, 2.05) is 0 Å². The van der Waals surface area contributed by atoms with Crippen molar-refractivity contribution in [2.24, 2.45) is 0 Å². The van der Waals surface area contributed by atoms with Crippen LogP contribution in [-0.4, -0.2) is 28.4 Å². The quantitative estimate of drug-likeness (QED) is 0.867. The highest BCUT2D eigenvalue weighted by Crippen LogP contribution is 2.25. The normalized spacial score (nSPS) is 23.7. The standard InChI is InChI=1S/C13H15FO4/c14-10-7-8(5-6-9(10)13(16)17)18-12-4-2-1-3-11(12)15/h5-7,11-12,15H,1-4H2,(H,16,17). The second-order valence-corrected chi connectivity index (χ2v) is 4.45. The third-order valence-corrected chi connectivity index (χ3v) is 3.13. The monoisotopic (exact) mass is 254 g/mol. The zero-order valence-corrected chi connectivity index (χ0v) is 9.80. The summed E-state index contributed by atoms with van der Waals surface area (Å²) in [5.41, 5.74) is -0.383. The fraction of sp³-hybridized carbons (Fsp3) is 0.462. The maximum atomic E-state index is 13.4. The molecule has 0 bridgehead atoms. The average molecular weight is 254 g/mol. The van der Waals surface area contributed by atoms with Gasteiger partial charge in [-0.25, -0.2) is 9.18 Å². The number of ether oxygens (including phenoxy) is 1. The Morgan fingerprint density at radius 2 is 2.06 bits per heavy atom. The molecule has 1 aliphatic rings. The lowest BCUT2D eigenvalue weighted by atomic mass is 9.95. The van der Waals surface area contributed by atoms with Gasteiger partial charge in [-0.3, -0.25) is 0 Å². The van der Waals surface area contributed by atoms with E-state index in [2.05, 4.69) is 0 Å². The Labute approximate surface area is 104 Å². The summed E-state index contributed by atoms with van der Waals surface area (Å²) in [6.07, 6.45) is 2.46. The zero-order chi connectivity index (χ0) is 13.1. The Bertz CT molecular complexity index is 447. The second-order valence-electron chi connectivity index (χ2n) is 4.45. The third kappa shape index (κ3) is 2.79. The van der Waals surface area contributed by atoms with Gasteiger partial charge in [0.1, 0.15) is 17.7 Å². The van der Waals surface area contributed by atoms with E-state index in [1.54, 1.807) is 0 Å². The van der Waals surface area contributed by atoms with Gasteiger partial charge in [-0.1, -0.05) is 6.42 Å². The van der Waals surface area contributed by atoms with Gasteiger partial charge in [0, 0.05) is 6.07 Å². The van der Waals surface area contributed by atoms with Crippen molar-refractivity contribution in [3.8, 4) is 5.75 Å². The molecule has 2 atom stereocenters. The predicted molar refractivity (Wildman–Crippen MR) is 62.3 cm³/mol. The SMILES string of the molecule is O=C(O)c1ccc(OC2CCCCC2O)cc1F. The Morgan fingerprint density at radius 3 is 2.67 bits per heavy atom. The lowest BCUT2D eigenvalue weighted by Crippen LogP contribution is -2.34. The molecule has 1 aromatic rings. The van der Waals surface area contributed by atoms with Gasteiger partial charge in [-0.05, 0) is 31.4 Å². The van der Waals surface area contributed by atoms with Crippen LogP contribution in [0.5, 0.6) is 5.75 Å². The minimum Gasteiger partial charge on any atom is -0.488 e. The molecule has 4 nitrogen and oxygen atoms in total. The number of hydrogen-bond donors (Lipinski definition) is 2. The Kier molecular flexibility index (Phi) is 3.81. The summed E-state index contributed by atoms with van der Waals surface area (Å²) in [5, 5.41) is 18.4. The first-order chi connectivity index (χ1) is 8.58. The van der Waals surface area contributed by atoms with E-state index in [4.69, 9.17) is 9.84 Å². The number of aromatic carboxylic acids is 1. The fourth-order valence-corrected chi connectivity index (χ4v) is 2.13. The van der Waals surface area contributed by atoms with Crippen LogP contribution in [0.4, 0.5) is 4.39 Å². The third-order valence-electron chi connectivity index (χ3n) is 3.13. The van der Waals surface area contributed by atoms with Gasteiger partial charge in [0.2, 0.25) is 0 Å². The highest BCUT2D eigenvalue weighted by Gasteiger charge is 2.25. The summed E-state index contributed by atoms with van der Waals surface area (Å²) in [6, 6.07) is 3.63. The molecule has 0 spiro atoms. The van der Waals surface area contributed by atoms with Crippen LogP contribution in [0, 0.1) is 5.82 Å². The molecule has 0 amide bonds. The molecule has 0 aliphatic heterocycles. The highest BCUT2D eigenvalue weighted by molar-refractivity contribution is 5.88. The van der Waals surface area contributed by atoms with Gasteiger partial charge in [-0.2, -0.15) is 0 Å². The van der Waals surface area contributed by atoms with Crippen molar-refractivity contribution in [1.82, 2.24) is 0 Å². The van der Waals surface area contributed by atoms with Gasteiger partial charge in [0.05, 0.1) is 11.7 Å². The molecular formula is C13H15FO4. The first-order valence-electron chi connectivity index (χ1n) is 5.95. The van der Waals surface area contributed by atoms with Crippen LogP contribution in [0.2, 0.25) is 0 Å². The van der Waals surface area contributed by atoms with Gasteiger partial charge in [-0.15, -0.1) is 0 Å². The van der Waals surface area contributed by atoms with Crippen molar-refractivity contribution in [2.75, 3.05) is 0 Å². The maximum Gasteiger partial charge on any atom is 0.338 e. The van der Waals surface area contributed by atoms with Gasteiger partial charge >= 0.3 is 5.97 Å². The van der Waals surface area contributed by atoms with Gasteiger partial charge < -0.3 is 14.9 Å². The van der Waals surface area contributed by atoms with E-state index >= 15 is 0 Å². The molecule has 18 heavy (non-hydrogen) atoms. The van der Waals surface area contributed by atoms with Crippen molar-refractivity contribution >= 4 is 5.97 Å². The molecule has 1 saturated carbocycles.